The van der Waals surface area contributed by atoms with E-state index in [1.165, 1.54) is 0 Å². The number of rotatable bonds is 9. The van der Waals surface area contributed by atoms with Crippen molar-refractivity contribution in [1.29, 1.82) is 0 Å². The highest BCUT2D eigenvalue weighted by molar-refractivity contribution is 5.30. The van der Waals surface area contributed by atoms with E-state index in [0.29, 0.717) is 6.54 Å². The number of aromatic nitrogens is 2. The molecular formula is C14H25N5O2. The maximum atomic E-state index is 8.63. The summed E-state index contributed by atoms with van der Waals surface area (Å²) in [6, 6.07) is 0. The van der Waals surface area contributed by atoms with Gasteiger partial charge < -0.3 is 25.4 Å². The Morgan fingerprint density at radius 1 is 1.10 bits per heavy atom. The number of hydrogen-bond donors (Lipinski definition) is 3. The van der Waals surface area contributed by atoms with Crippen LogP contribution >= 0.6 is 0 Å². The maximum absolute atomic E-state index is 8.63. The molecule has 7 heteroatoms. The lowest BCUT2D eigenvalue weighted by Crippen LogP contribution is -2.37. The van der Waals surface area contributed by atoms with Crippen molar-refractivity contribution >= 4 is 5.95 Å². The summed E-state index contributed by atoms with van der Waals surface area (Å²) in [7, 11) is 0. The van der Waals surface area contributed by atoms with Crippen molar-refractivity contribution in [2.45, 2.75) is 13.0 Å². The van der Waals surface area contributed by atoms with Gasteiger partial charge in [-0.1, -0.05) is 0 Å². The molecule has 0 radical (unpaired) electrons. The normalized spacial score (nSPS) is 15.4. The third kappa shape index (κ3) is 5.92. The summed E-state index contributed by atoms with van der Waals surface area (Å²) in [6.07, 6.45) is 4.80. The second kappa shape index (κ2) is 9.62. The van der Waals surface area contributed by atoms with Crippen molar-refractivity contribution in [2.75, 3.05) is 57.4 Å². The number of nitrogens with one attached hydrogen (secondary N) is 2. The van der Waals surface area contributed by atoms with Gasteiger partial charge >= 0.3 is 0 Å². The van der Waals surface area contributed by atoms with E-state index in [-0.39, 0.29) is 6.61 Å². The van der Waals surface area contributed by atoms with Gasteiger partial charge in [0.25, 0.3) is 0 Å². The standard InChI is InChI=1S/C14H25N5O2/c20-7-4-15-2-1-3-16-10-13-11-17-14(18-12-13)19-5-8-21-9-6-19/h11-12,15-16,20H,1-10H2. The van der Waals surface area contributed by atoms with Crippen molar-refractivity contribution in [3.8, 4) is 0 Å². The summed E-state index contributed by atoms with van der Waals surface area (Å²) in [5.41, 5.74) is 1.09. The van der Waals surface area contributed by atoms with E-state index in [2.05, 4.69) is 25.5 Å². The number of anilines is 1. The second-order valence-electron chi connectivity index (χ2n) is 4.99. The molecule has 118 valence electrons. The van der Waals surface area contributed by atoms with Gasteiger partial charge in [0.05, 0.1) is 19.8 Å². The van der Waals surface area contributed by atoms with Gasteiger partial charge in [-0.25, -0.2) is 9.97 Å². The summed E-state index contributed by atoms with van der Waals surface area (Å²) in [5, 5.41) is 15.1. The number of hydrogen-bond acceptors (Lipinski definition) is 7. The summed E-state index contributed by atoms with van der Waals surface area (Å²) < 4.78 is 5.32. The minimum atomic E-state index is 0.195. The lowest BCUT2D eigenvalue weighted by molar-refractivity contribution is 0.122. The summed E-state index contributed by atoms with van der Waals surface area (Å²) in [4.78, 5) is 11.0. The lowest BCUT2D eigenvalue weighted by Gasteiger charge is -2.26. The quantitative estimate of drug-likeness (QED) is 0.523. The van der Waals surface area contributed by atoms with Crippen LogP contribution in [0.3, 0.4) is 0 Å². The molecule has 2 heterocycles. The van der Waals surface area contributed by atoms with Crippen LogP contribution in [0, 0.1) is 0 Å². The molecule has 1 fully saturated rings. The zero-order valence-corrected chi connectivity index (χ0v) is 12.4. The van der Waals surface area contributed by atoms with Crippen LogP contribution in [0.1, 0.15) is 12.0 Å². The largest absolute Gasteiger partial charge is 0.395 e. The summed E-state index contributed by atoms with van der Waals surface area (Å²) in [5.74, 6) is 0.787. The van der Waals surface area contributed by atoms with Gasteiger partial charge in [-0.3, -0.25) is 0 Å². The average Bonchev–Trinajstić information content (AvgIpc) is 2.55. The SMILES string of the molecule is OCCNCCCNCc1cnc(N2CCOCC2)nc1. The van der Waals surface area contributed by atoms with E-state index in [4.69, 9.17) is 9.84 Å². The highest BCUT2D eigenvalue weighted by Gasteiger charge is 2.13. The van der Waals surface area contributed by atoms with Crippen LogP contribution in [0.4, 0.5) is 5.95 Å². The number of aliphatic hydroxyl groups is 1. The van der Waals surface area contributed by atoms with Crippen LogP contribution in [0.5, 0.6) is 0 Å². The van der Waals surface area contributed by atoms with Gasteiger partial charge in [-0.05, 0) is 19.5 Å². The molecule has 0 saturated carbocycles. The molecule has 1 saturated heterocycles. The predicted molar refractivity (Wildman–Crippen MR) is 81.3 cm³/mol. The molecule has 1 aliphatic heterocycles. The third-order valence-corrected chi connectivity index (χ3v) is 3.31. The number of morpholine rings is 1. The molecule has 1 aliphatic rings. The molecule has 0 spiro atoms. The highest BCUT2D eigenvalue weighted by Crippen LogP contribution is 2.09. The van der Waals surface area contributed by atoms with E-state index in [1.807, 2.05) is 12.4 Å². The van der Waals surface area contributed by atoms with E-state index >= 15 is 0 Å². The highest BCUT2D eigenvalue weighted by atomic mass is 16.5. The first-order valence-corrected chi connectivity index (χ1v) is 7.56. The Labute approximate surface area is 125 Å². The molecule has 1 aromatic rings. The predicted octanol–water partition coefficient (Wildman–Crippen LogP) is -0.625. The molecule has 1 aromatic heterocycles. The zero-order valence-electron chi connectivity index (χ0n) is 12.4. The molecule has 0 bridgehead atoms. The number of aliphatic hydroxyl groups excluding tert-OH is 1. The molecular weight excluding hydrogens is 270 g/mol. The van der Waals surface area contributed by atoms with Crippen LogP contribution in [0.2, 0.25) is 0 Å². The first kappa shape index (κ1) is 16.1. The van der Waals surface area contributed by atoms with Crippen molar-refractivity contribution in [3.63, 3.8) is 0 Å². The van der Waals surface area contributed by atoms with E-state index in [1.54, 1.807) is 0 Å². The van der Waals surface area contributed by atoms with Gasteiger partial charge in [0.1, 0.15) is 0 Å². The topological polar surface area (TPSA) is 82.5 Å². The molecule has 0 unspecified atom stereocenters. The fourth-order valence-corrected chi connectivity index (χ4v) is 2.14. The first-order valence-electron chi connectivity index (χ1n) is 7.56. The van der Waals surface area contributed by atoms with Crippen molar-refractivity contribution in [3.05, 3.63) is 18.0 Å². The molecule has 0 atom stereocenters. The second-order valence-corrected chi connectivity index (χ2v) is 4.99. The Balaban J connectivity index is 1.63. The third-order valence-electron chi connectivity index (χ3n) is 3.31. The summed E-state index contributed by atoms with van der Waals surface area (Å²) >= 11 is 0. The van der Waals surface area contributed by atoms with E-state index in [9.17, 15) is 0 Å². The van der Waals surface area contributed by atoms with Gasteiger partial charge in [-0.2, -0.15) is 0 Å². The number of ether oxygens (including phenoxy) is 1. The fourth-order valence-electron chi connectivity index (χ4n) is 2.14. The van der Waals surface area contributed by atoms with Crippen LogP contribution in [0.15, 0.2) is 12.4 Å². The molecule has 0 aliphatic carbocycles. The van der Waals surface area contributed by atoms with Crippen LogP contribution in [-0.2, 0) is 11.3 Å². The number of nitrogens with zero attached hydrogens (tertiary/aromatic N) is 3. The van der Waals surface area contributed by atoms with Crippen molar-refractivity contribution < 1.29 is 9.84 Å². The van der Waals surface area contributed by atoms with Crippen LogP contribution in [0.25, 0.3) is 0 Å². The Morgan fingerprint density at radius 2 is 1.81 bits per heavy atom. The zero-order chi connectivity index (χ0) is 14.8. The fraction of sp³-hybridized carbons (Fsp3) is 0.714. The monoisotopic (exact) mass is 295 g/mol. The molecule has 7 nitrogen and oxygen atoms in total. The van der Waals surface area contributed by atoms with Crippen LogP contribution < -0.4 is 15.5 Å². The van der Waals surface area contributed by atoms with E-state index in [0.717, 1.165) is 63.9 Å². The Morgan fingerprint density at radius 3 is 2.52 bits per heavy atom. The van der Waals surface area contributed by atoms with Gasteiger partial charge in [-0.15, -0.1) is 0 Å². The van der Waals surface area contributed by atoms with Gasteiger partial charge in [0, 0.05) is 44.1 Å². The minimum absolute atomic E-state index is 0.195. The lowest BCUT2D eigenvalue weighted by atomic mass is 10.3. The van der Waals surface area contributed by atoms with Crippen molar-refractivity contribution in [2.24, 2.45) is 0 Å². The molecule has 21 heavy (non-hydrogen) atoms. The first-order chi connectivity index (χ1) is 10.4. The average molecular weight is 295 g/mol. The maximum Gasteiger partial charge on any atom is 0.225 e. The minimum Gasteiger partial charge on any atom is -0.395 e. The van der Waals surface area contributed by atoms with Crippen molar-refractivity contribution in [1.82, 2.24) is 20.6 Å². The smallest absolute Gasteiger partial charge is 0.225 e. The molecule has 0 aromatic carbocycles. The Bertz CT molecular complexity index is 381. The van der Waals surface area contributed by atoms with Crippen LogP contribution in [-0.4, -0.2) is 67.6 Å². The van der Waals surface area contributed by atoms with Gasteiger partial charge in [0.2, 0.25) is 5.95 Å². The Kier molecular flexibility index (Phi) is 7.37. The summed E-state index contributed by atoms with van der Waals surface area (Å²) in [6.45, 7) is 6.70. The van der Waals surface area contributed by atoms with Gasteiger partial charge in [0.15, 0.2) is 0 Å². The Hall–Kier alpha value is -1.28. The molecule has 3 N–H and O–H groups in total. The molecule has 2 rings (SSSR count). The van der Waals surface area contributed by atoms with E-state index < -0.39 is 0 Å². The molecule has 0 amide bonds.